The molecule has 2 aliphatic heterocycles. The molecule has 2 saturated heterocycles. The summed E-state index contributed by atoms with van der Waals surface area (Å²) in [6.45, 7) is 3.13. The summed E-state index contributed by atoms with van der Waals surface area (Å²) in [5.74, 6) is -0.450. The molecule has 0 unspecified atom stereocenters. The Labute approximate surface area is 170 Å². The van der Waals surface area contributed by atoms with Crippen LogP contribution >= 0.6 is 11.3 Å². The average molecular weight is 405 g/mol. The third kappa shape index (κ3) is 4.01. The number of nitrogens with one attached hydrogen (secondary N) is 2. The number of rotatable bonds is 7. The van der Waals surface area contributed by atoms with Crippen molar-refractivity contribution < 1.29 is 19.3 Å². The molecule has 1 aromatic heterocycles. The first kappa shape index (κ1) is 19.6. The Kier molecular flexibility index (Phi) is 6.11. The molecule has 28 heavy (non-hydrogen) atoms. The number of fused-ring (bicyclic) bond motifs is 1. The fourth-order valence-corrected chi connectivity index (χ4v) is 5.97. The second kappa shape index (κ2) is 8.74. The highest BCUT2D eigenvalue weighted by molar-refractivity contribution is 7.10. The second-order valence-corrected chi connectivity index (χ2v) is 9.29. The smallest absolute Gasteiger partial charge is 0.233 e. The number of carbonyl (C=O) groups excluding carboxylic acids is 3. The number of hydrogen-bond acceptors (Lipinski definition) is 4. The molecule has 3 heterocycles. The van der Waals surface area contributed by atoms with Gasteiger partial charge in [0.05, 0.1) is 36.3 Å². The van der Waals surface area contributed by atoms with Crippen LogP contribution in [-0.4, -0.2) is 48.8 Å². The SMILES string of the molecule is O=C(CCN1C(=O)[C@H]2CCCC[C@@H]2C1=O)NC[C@H](c1cccs1)[NH+]1CCCC1. The minimum Gasteiger partial charge on any atom is -0.350 e. The molecule has 2 N–H and O–H groups in total. The lowest BCUT2D eigenvalue weighted by atomic mass is 9.81. The quantitative estimate of drug-likeness (QED) is 0.670. The Morgan fingerprint density at radius 3 is 2.43 bits per heavy atom. The molecule has 7 heteroatoms. The first-order valence-corrected chi connectivity index (χ1v) is 11.5. The molecule has 0 spiro atoms. The Hall–Kier alpha value is -1.73. The van der Waals surface area contributed by atoms with Crippen molar-refractivity contribution in [3.05, 3.63) is 22.4 Å². The van der Waals surface area contributed by atoms with Gasteiger partial charge in [-0.3, -0.25) is 19.3 Å². The predicted molar refractivity (Wildman–Crippen MR) is 107 cm³/mol. The summed E-state index contributed by atoms with van der Waals surface area (Å²) >= 11 is 1.75. The Morgan fingerprint density at radius 2 is 1.82 bits per heavy atom. The number of amides is 3. The number of quaternary nitrogens is 1. The van der Waals surface area contributed by atoms with Crippen LogP contribution in [0.5, 0.6) is 0 Å². The molecule has 3 atom stereocenters. The molecular formula is C21H30N3O3S+. The summed E-state index contributed by atoms with van der Waals surface area (Å²) < 4.78 is 0. The van der Waals surface area contributed by atoms with E-state index in [2.05, 4.69) is 22.8 Å². The third-order valence-electron chi connectivity index (χ3n) is 6.62. The van der Waals surface area contributed by atoms with Crippen molar-refractivity contribution in [2.75, 3.05) is 26.2 Å². The van der Waals surface area contributed by atoms with Crippen LogP contribution in [0.3, 0.4) is 0 Å². The van der Waals surface area contributed by atoms with E-state index in [0.717, 1.165) is 38.8 Å². The van der Waals surface area contributed by atoms with Crippen LogP contribution in [0.1, 0.15) is 55.9 Å². The van der Waals surface area contributed by atoms with Gasteiger partial charge in [0.25, 0.3) is 0 Å². The van der Waals surface area contributed by atoms with Crippen molar-refractivity contribution in [3.8, 4) is 0 Å². The lowest BCUT2D eigenvalue weighted by Gasteiger charge is -2.24. The van der Waals surface area contributed by atoms with Gasteiger partial charge < -0.3 is 10.2 Å². The van der Waals surface area contributed by atoms with Crippen molar-refractivity contribution in [1.29, 1.82) is 0 Å². The molecule has 4 rings (SSSR count). The van der Waals surface area contributed by atoms with Gasteiger partial charge in [-0.25, -0.2) is 0 Å². The number of likely N-dealkylation sites (tertiary alicyclic amines) is 2. The average Bonchev–Trinajstić information content (AvgIpc) is 3.45. The standard InChI is InChI=1S/C21H29N3O3S/c25-19(9-12-24-20(26)15-6-1-2-7-16(15)21(24)27)22-14-17(18-8-5-13-28-18)23-10-3-4-11-23/h5,8,13,15-17H,1-4,6-7,9-12,14H2,(H,22,25)/p+1/t15-,16-,17+/m0/s1. The molecule has 3 fully saturated rings. The van der Waals surface area contributed by atoms with Gasteiger partial charge >= 0.3 is 0 Å². The van der Waals surface area contributed by atoms with Gasteiger partial charge in [-0.1, -0.05) is 18.9 Å². The number of carbonyl (C=O) groups is 3. The summed E-state index contributed by atoms with van der Waals surface area (Å²) in [6.07, 6.45) is 6.37. The van der Waals surface area contributed by atoms with Crippen LogP contribution in [0.2, 0.25) is 0 Å². The maximum absolute atomic E-state index is 12.5. The first-order chi connectivity index (χ1) is 13.6. The molecular weight excluding hydrogens is 374 g/mol. The second-order valence-electron chi connectivity index (χ2n) is 8.31. The number of hydrogen-bond donors (Lipinski definition) is 2. The van der Waals surface area contributed by atoms with E-state index in [-0.39, 0.29) is 42.5 Å². The molecule has 0 aromatic carbocycles. The Morgan fingerprint density at radius 1 is 1.14 bits per heavy atom. The predicted octanol–water partition coefficient (Wildman–Crippen LogP) is 1.15. The van der Waals surface area contributed by atoms with E-state index < -0.39 is 0 Å². The van der Waals surface area contributed by atoms with E-state index in [1.54, 1.807) is 11.3 Å². The maximum Gasteiger partial charge on any atom is 0.233 e. The topological polar surface area (TPSA) is 70.9 Å². The van der Waals surface area contributed by atoms with Gasteiger partial charge in [-0.05, 0) is 24.3 Å². The number of thiophene rings is 1. The molecule has 1 aliphatic carbocycles. The van der Waals surface area contributed by atoms with Gasteiger partial charge in [-0.2, -0.15) is 0 Å². The monoisotopic (exact) mass is 404 g/mol. The van der Waals surface area contributed by atoms with E-state index in [4.69, 9.17) is 0 Å². The summed E-state index contributed by atoms with van der Waals surface area (Å²) in [4.78, 5) is 41.7. The summed E-state index contributed by atoms with van der Waals surface area (Å²) in [7, 11) is 0. The van der Waals surface area contributed by atoms with Crippen molar-refractivity contribution in [1.82, 2.24) is 10.2 Å². The van der Waals surface area contributed by atoms with Crippen molar-refractivity contribution >= 4 is 29.1 Å². The van der Waals surface area contributed by atoms with E-state index >= 15 is 0 Å². The summed E-state index contributed by atoms with van der Waals surface area (Å²) in [6, 6.07) is 4.51. The van der Waals surface area contributed by atoms with E-state index in [0.29, 0.717) is 12.6 Å². The molecule has 152 valence electrons. The fourth-order valence-electron chi connectivity index (χ4n) is 5.08. The minimum absolute atomic E-state index is 0.0551. The molecule has 1 aromatic rings. The van der Waals surface area contributed by atoms with E-state index in [9.17, 15) is 14.4 Å². The van der Waals surface area contributed by atoms with Crippen LogP contribution in [0, 0.1) is 11.8 Å². The van der Waals surface area contributed by atoms with Gasteiger partial charge in [0.2, 0.25) is 17.7 Å². The lowest BCUT2D eigenvalue weighted by Crippen LogP contribution is -3.11. The molecule has 1 saturated carbocycles. The maximum atomic E-state index is 12.5. The van der Waals surface area contributed by atoms with Crippen LogP contribution in [0.15, 0.2) is 17.5 Å². The number of nitrogens with zero attached hydrogens (tertiary/aromatic N) is 1. The van der Waals surface area contributed by atoms with Crippen LogP contribution in [0.4, 0.5) is 0 Å². The fraction of sp³-hybridized carbons (Fsp3) is 0.667. The zero-order valence-electron chi connectivity index (χ0n) is 16.3. The summed E-state index contributed by atoms with van der Waals surface area (Å²) in [5, 5.41) is 5.15. The van der Waals surface area contributed by atoms with Crippen molar-refractivity contribution in [2.24, 2.45) is 11.8 Å². The van der Waals surface area contributed by atoms with E-state index in [1.165, 1.54) is 27.5 Å². The molecule has 0 radical (unpaired) electrons. The highest BCUT2D eigenvalue weighted by atomic mass is 32.1. The van der Waals surface area contributed by atoms with E-state index in [1.807, 2.05) is 0 Å². The van der Waals surface area contributed by atoms with Crippen LogP contribution in [-0.2, 0) is 14.4 Å². The first-order valence-electron chi connectivity index (χ1n) is 10.6. The van der Waals surface area contributed by atoms with Gasteiger partial charge in [0, 0.05) is 25.8 Å². The lowest BCUT2D eigenvalue weighted by molar-refractivity contribution is -0.918. The van der Waals surface area contributed by atoms with Crippen molar-refractivity contribution in [2.45, 2.75) is 51.0 Å². The van der Waals surface area contributed by atoms with Gasteiger partial charge in [0.1, 0.15) is 6.04 Å². The highest BCUT2D eigenvalue weighted by Crippen LogP contribution is 2.37. The molecule has 0 bridgehead atoms. The normalized spacial score (nSPS) is 26.5. The van der Waals surface area contributed by atoms with Gasteiger partial charge in [0.15, 0.2) is 0 Å². The molecule has 3 aliphatic rings. The van der Waals surface area contributed by atoms with Crippen LogP contribution < -0.4 is 10.2 Å². The minimum atomic E-state index is -0.133. The Balaban J connectivity index is 1.29. The Bertz CT molecular complexity index is 690. The van der Waals surface area contributed by atoms with Crippen LogP contribution in [0.25, 0.3) is 0 Å². The molecule has 6 nitrogen and oxygen atoms in total. The highest BCUT2D eigenvalue weighted by Gasteiger charge is 2.47. The third-order valence-corrected chi connectivity index (χ3v) is 7.61. The van der Waals surface area contributed by atoms with Gasteiger partial charge in [-0.15, -0.1) is 11.3 Å². The van der Waals surface area contributed by atoms with Crippen molar-refractivity contribution in [3.63, 3.8) is 0 Å². The number of imide groups is 1. The molecule has 3 amide bonds. The zero-order valence-corrected chi connectivity index (χ0v) is 17.1. The summed E-state index contributed by atoms with van der Waals surface area (Å²) in [5.41, 5.74) is 0. The largest absolute Gasteiger partial charge is 0.350 e. The zero-order chi connectivity index (χ0) is 19.5.